The maximum Gasteiger partial charge on any atom is 0.304 e. The Balaban J connectivity index is 1.56. The van der Waals surface area contributed by atoms with Crippen LogP contribution >= 0.6 is 0 Å². The summed E-state index contributed by atoms with van der Waals surface area (Å²) in [5.41, 5.74) is 0. The number of piperidine rings is 1. The lowest BCUT2D eigenvalue weighted by atomic mass is 9.84. The Bertz CT molecular complexity index is 691. The average molecular weight is 421 g/mol. The lowest BCUT2D eigenvalue weighted by Gasteiger charge is -2.34. The summed E-state index contributed by atoms with van der Waals surface area (Å²) in [7, 11) is 4.12. The topological polar surface area (TPSA) is 99.8 Å². The summed E-state index contributed by atoms with van der Waals surface area (Å²) in [4.78, 5) is 32.4. The van der Waals surface area contributed by atoms with Gasteiger partial charge in [0.05, 0.1) is 6.42 Å². The Labute approximate surface area is 179 Å². The van der Waals surface area contributed by atoms with Gasteiger partial charge in [0.15, 0.2) is 0 Å². The molecule has 0 aromatic carbocycles. The van der Waals surface area contributed by atoms with Crippen LogP contribution in [-0.2, 0) is 4.79 Å². The summed E-state index contributed by atoms with van der Waals surface area (Å²) in [6.45, 7) is 1.34. The van der Waals surface area contributed by atoms with Crippen LogP contribution in [0, 0.1) is 5.92 Å². The van der Waals surface area contributed by atoms with Gasteiger partial charge in [-0.3, -0.25) is 9.59 Å². The minimum atomic E-state index is -0.880. The summed E-state index contributed by atoms with van der Waals surface area (Å²) in [5, 5.41) is 13.2. The number of hydrogen-bond acceptors (Lipinski definition) is 6. The second-order valence-corrected chi connectivity index (χ2v) is 9.17. The van der Waals surface area contributed by atoms with Crippen LogP contribution in [0.2, 0.25) is 0 Å². The zero-order chi connectivity index (χ0) is 21.5. The number of carbonyl (C=O) groups is 2. The molecule has 0 radical (unpaired) electrons. The Morgan fingerprint density at radius 3 is 2.50 bits per heavy atom. The smallest absolute Gasteiger partial charge is 0.304 e. The summed E-state index contributed by atoms with van der Waals surface area (Å²) in [6, 6.07) is 0.485. The van der Waals surface area contributed by atoms with Crippen LogP contribution in [0.1, 0.15) is 93.1 Å². The van der Waals surface area contributed by atoms with Gasteiger partial charge in [0.2, 0.25) is 5.89 Å². The fourth-order valence-electron chi connectivity index (χ4n) is 4.87. The predicted octanol–water partition coefficient (Wildman–Crippen LogP) is 3.54. The van der Waals surface area contributed by atoms with Crippen LogP contribution in [0.25, 0.3) is 0 Å². The van der Waals surface area contributed by atoms with Crippen molar-refractivity contribution in [1.29, 1.82) is 0 Å². The third kappa shape index (κ3) is 6.27. The Kier molecular flexibility index (Phi) is 8.24. The number of likely N-dealkylation sites (tertiary alicyclic amines) is 1. The van der Waals surface area contributed by atoms with Crippen LogP contribution in [0.15, 0.2) is 4.52 Å². The van der Waals surface area contributed by atoms with Crippen LogP contribution in [0.5, 0.6) is 0 Å². The van der Waals surface area contributed by atoms with Crippen LogP contribution < -0.4 is 0 Å². The number of carbonyl (C=O) groups excluding carboxylic acids is 1. The van der Waals surface area contributed by atoms with Gasteiger partial charge in [-0.25, -0.2) is 0 Å². The first-order valence-corrected chi connectivity index (χ1v) is 11.4. The zero-order valence-electron chi connectivity index (χ0n) is 18.4. The highest BCUT2D eigenvalue weighted by Gasteiger charge is 2.29. The average Bonchev–Trinajstić information content (AvgIpc) is 3.23. The van der Waals surface area contributed by atoms with Gasteiger partial charge in [0.25, 0.3) is 11.7 Å². The van der Waals surface area contributed by atoms with E-state index in [1.807, 2.05) is 0 Å². The number of aliphatic carboxylic acids is 1. The first-order valence-electron chi connectivity index (χ1n) is 11.4. The molecule has 168 valence electrons. The third-order valence-electron chi connectivity index (χ3n) is 6.77. The molecule has 1 aromatic heterocycles. The molecule has 1 unspecified atom stereocenters. The fraction of sp³-hybridized carbons (Fsp3) is 0.818. The minimum absolute atomic E-state index is 0.0469. The van der Waals surface area contributed by atoms with E-state index in [4.69, 9.17) is 4.52 Å². The minimum Gasteiger partial charge on any atom is -0.481 e. The van der Waals surface area contributed by atoms with Crippen molar-refractivity contribution in [2.45, 2.75) is 82.6 Å². The van der Waals surface area contributed by atoms with E-state index >= 15 is 0 Å². The van der Waals surface area contributed by atoms with Crippen molar-refractivity contribution >= 4 is 11.9 Å². The van der Waals surface area contributed by atoms with E-state index in [1.54, 1.807) is 4.90 Å². The first kappa shape index (κ1) is 22.7. The van der Waals surface area contributed by atoms with Crippen molar-refractivity contribution in [3.05, 3.63) is 11.7 Å². The molecule has 8 nitrogen and oxygen atoms in total. The SMILES string of the molecule is CN(C)C1CCN(C(=O)c2noc(C(CCCC3CCCCC3)CC(=O)O)n2)CC1. The molecule has 1 saturated heterocycles. The lowest BCUT2D eigenvalue weighted by Crippen LogP contribution is -2.44. The number of aromatic nitrogens is 2. The highest BCUT2D eigenvalue weighted by Crippen LogP contribution is 2.31. The van der Waals surface area contributed by atoms with E-state index in [9.17, 15) is 14.7 Å². The van der Waals surface area contributed by atoms with Gasteiger partial charge in [0, 0.05) is 25.0 Å². The van der Waals surface area contributed by atoms with Crippen molar-refractivity contribution in [3.8, 4) is 0 Å². The van der Waals surface area contributed by atoms with E-state index in [0.29, 0.717) is 25.6 Å². The number of hydrogen-bond donors (Lipinski definition) is 1. The molecule has 8 heteroatoms. The molecule has 0 bridgehead atoms. The standard InChI is InChI=1S/C22H36N4O4/c1-25(2)18-11-13-26(14-12-18)22(29)20-23-21(30-24-20)17(15-19(27)28)10-6-9-16-7-4-3-5-8-16/h16-18H,3-15H2,1-2H3,(H,27,28). The molecule has 0 spiro atoms. The van der Waals surface area contributed by atoms with Crippen LogP contribution in [-0.4, -0.2) is 70.2 Å². The predicted molar refractivity (Wildman–Crippen MR) is 112 cm³/mol. The monoisotopic (exact) mass is 420 g/mol. The van der Waals surface area contributed by atoms with Crippen molar-refractivity contribution in [2.24, 2.45) is 5.92 Å². The van der Waals surface area contributed by atoms with E-state index in [-0.39, 0.29) is 30.0 Å². The molecule has 3 rings (SSSR count). The van der Waals surface area contributed by atoms with E-state index in [1.165, 1.54) is 32.1 Å². The fourth-order valence-corrected chi connectivity index (χ4v) is 4.87. The second-order valence-electron chi connectivity index (χ2n) is 9.17. The quantitative estimate of drug-likeness (QED) is 0.652. The highest BCUT2D eigenvalue weighted by atomic mass is 16.5. The molecule has 1 aliphatic carbocycles. The lowest BCUT2D eigenvalue weighted by molar-refractivity contribution is -0.137. The van der Waals surface area contributed by atoms with Crippen molar-refractivity contribution < 1.29 is 19.2 Å². The molecule has 2 aliphatic rings. The molecule has 2 heterocycles. The molecule has 30 heavy (non-hydrogen) atoms. The van der Waals surface area contributed by atoms with Gasteiger partial charge in [0.1, 0.15) is 0 Å². The maximum atomic E-state index is 12.8. The van der Waals surface area contributed by atoms with Gasteiger partial charge < -0.3 is 19.4 Å². The normalized spacial score (nSPS) is 19.9. The van der Waals surface area contributed by atoms with E-state index in [2.05, 4.69) is 29.1 Å². The molecule has 1 aromatic rings. The maximum absolute atomic E-state index is 12.8. The second kappa shape index (κ2) is 10.9. The summed E-state index contributed by atoms with van der Waals surface area (Å²) in [6.07, 6.45) is 11.1. The van der Waals surface area contributed by atoms with Gasteiger partial charge >= 0.3 is 5.97 Å². The number of rotatable bonds is 9. The first-order chi connectivity index (χ1) is 14.4. The van der Waals surface area contributed by atoms with Crippen molar-refractivity contribution in [2.75, 3.05) is 27.2 Å². The van der Waals surface area contributed by atoms with Crippen LogP contribution in [0.3, 0.4) is 0 Å². The number of carboxylic acids is 1. The summed E-state index contributed by atoms with van der Waals surface area (Å²) in [5.74, 6) is -0.342. The van der Waals surface area contributed by atoms with Gasteiger partial charge in [-0.15, -0.1) is 0 Å². The van der Waals surface area contributed by atoms with Gasteiger partial charge in [-0.1, -0.05) is 50.1 Å². The highest BCUT2D eigenvalue weighted by molar-refractivity contribution is 5.90. The molecule has 1 aliphatic heterocycles. The molecule has 1 N–H and O–H groups in total. The summed E-state index contributed by atoms with van der Waals surface area (Å²) >= 11 is 0. The third-order valence-corrected chi connectivity index (χ3v) is 6.77. The number of amides is 1. The number of carboxylic acid groups (broad SMARTS) is 1. The molecule has 2 fully saturated rings. The molecule has 1 atom stereocenters. The number of nitrogens with zero attached hydrogens (tertiary/aromatic N) is 4. The summed E-state index contributed by atoms with van der Waals surface area (Å²) < 4.78 is 5.36. The van der Waals surface area contributed by atoms with Crippen molar-refractivity contribution in [3.63, 3.8) is 0 Å². The Hall–Kier alpha value is -1.96. The van der Waals surface area contributed by atoms with E-state index in [0.717, 1.165) is 31.6 Å². The van der Waals surface area contributed by atoms with Gasteiger partial charge in [-0.05, 0) is 39.3 Å². The van der Waals surface area contributed by atoms with Crippen molar-refractivity contribution in [1.82, 2.24) is 19.9 Å². The molecule has 1 saturated carbocycles. The van der Waals surface area contributed by atoms with Crippen LogP contribution in [0.4, 0.5) is 0 Å². The molecular weight excluding hydrogens is 384 g/mol. The largest absolute Gasteiger partial charge is 0.481 e. The molecule has 1 amide bonds. The zero-order valence-corrected chi connectivity index (χ0v) is 18.4. The Morgan fingerprint density at radius 1 is 1.17 bits per heavy atom. The van der Waals surface area contributed by atoms with Gasteiger partial charge in [-0.2, -0.15) is 4.98 Å². The molecular formula is C22H36N4O4. The van der Waals surface area contributed by atoms with E-state index < -0.39 is 5.97 Å². The Morgan fingerprint density at radius 2 is 1.87 bits per heavy atom.